The molecule has 0 unspecified atom stereocenters. The lowest BCUT2D eigenvalue weighted by molar-refractivity contribution is -0.145. The Balaban J connectivity index is 1.67. The van der Waals surface area contributed by atoms with Crippen LogP contribution in [-0.4, -0.2) is 72.4 Å². The van der Waals surface area contributed by atoms with Gasteiger partial charge in [-0.2, -0.15) is 0 Å². The smallest absolute Gasteiger partial charge is 0.411 e. The number of pyridine rings is 1. The maximum absolute atomic E-state index is 13.5. The second kappa shape index (κ2) is 13.1. The van der Waals surface area contributed by atoms with Crippen molar-refractivity contribution in [3.8, 4) is 22.8 Å². The number of methoxy groups -OCH3 is 2. The van der Waals surface area contributed by atoms with Crippen molar-refractivity contribution in [2.24, 2.45) is 0 Å². The molecule has 1 aliphatic rings. The molecular formula is C32H39N3O7. The molecule has 0 aliphatic carbocycles. The zero-order valence-corrected chi connectivity index (χ0v) is 25.0. The Hall–Kier alpha value is -4.34. The number of likely N-dealkylation sites (tertiary alicyclic amines) is 1. The van der Waals surface area contributed by atoms with Gasteiger partial charge in [-0.25, -0.2) is 14.6 Å². The van der Waals surface area contributed by atoms with Crippen molar-refractivity contribution in [3.63, 3.8) is 0 Å². The molecule has 1 fully saturated rings. The Bertz CT molecular complexity index is 1420. The minimum atomic E-state index is -0.907. The number of nitrogens with one attached hydrogen (secondary N) is 1. The lowest BCUT2D eigenvalue weighted by atomic mass is 10.1. The largest absolute Gasteiger partial charge is 0.497 e. The van der Waals surface area contributed by atoms with Gasteiger partial charge in [-0.05, 0) is 39.3 Å². The van der Waals surface area contributed by atoms with Crippen LogP contribution < -0.4 is 14.8 Å². The lowest BCUT2D eigenvalue weighted by Crippen LogP contribution is -2.51. The van der Waals surface area contributed by atoms with E-state index in [4.69, 9.17) is 23.9 Å². The predicted octanol–water partition coefficient (Wildman–Crippen LogP) is 5.13. The van der Waals surface area contributed by atoms with E-state index in [-0.39, 0.29) is 13.0 Å². The van der Waals surface area contributed by atoms with Crippen LogP contribution in [0.15, 0.2) is 54.6 Å². The van der Waals surface area contributed by atoms with Crippen LogP contribution in [0.5, 0.6) is 11.5 Å². The first kappa shape index (κ1) is 30.6. The van der Waals surface area contributed by atoms with Crippen molar-refractivity contribution < 1.29 is 33.3 Å². The molecular weight excluding hydrogens is 538 g/mol. The van der Waals surface area contributed by atoms with Crippen LogP contribution in [0.25, 0.3) is 22.2 Å². The topological polar surface area (TPSA) is 116 Å². The zero-order chi connectivity index (χ0) is 30.4. The molecule has 224 valence electrons. The van der Waals surface area contributed by atoms with E-state index in [1.54, 1.807) is 27.9 Å². The molecule has 0 spiro atoms. The Labute approximate surface area is 246 Å². The van der Waals surface area contributed by atoms with Crippen molar-refractivity contribution in [2.45, 2.75) is 70.7 Å². The third-order valence-electron chi connectivity index (χ3n) is 6.92. The van der Waals surface area contributed by atoms with Gasteiger partial charge in [0.25, 0.3) is 0 Å². The number of rotatable bonds is 9. The highest BCUT2D eigenvalue weighted by atomic mass is 16.6. The van der Waals surface area contributed by atoms with Crippen molar-refractivity contribution in [1.29, 1.82) is 0 Å². The van der Waals surface area contributed by atoms with E-state index in [9.17, 15) is 14.4 Å². The number of aromatic nitrogens is 1. The van der Waals surface area contributed by atoms with Gasteiger partial charge in [-0.3, -0.25) is 9.69 Å². The van der Waals surface area contributed by atoms with Crippen LogP contribution in [0, 0.1) is 0 Å². The molecule has 0 radical (unpaired) electrons. The van der Waals surface area contributed by atoms with Crippen LogP contribution in [0.1, 0.15) is 47.0 Å². The van der Waals surface area contributed by atoms with E-state index in [1.807, 2.05) is 61.5 Å². The molecule has 2 heterocycles. The Kier molecular flexibility index (Phi) is 9.55. The molecule has 1 saturated heterocycles. The fourth-order valence-electron chi connectivity index (χ4n) is 4.94. The van der Waals surface area contributed by atoms with Gasteiger partial charge in [0.05, 0.1) is 32.0 Å². The van der Waals surface area contributed by atoms with Crippen molar-refractivity contribution in [3.05, 3.63) is 54.6 Å². The molecule has 0 bridgehead atoms. The summed E-state index contributed by atoms with van der Waals surface area (Å²) in [7, 11) is 2.88. The first-order chi connectivity index (χ1) is 20.0. The number of carbonyl (C=O) groups excluding carboxylic acids is 3. The highest BCUT2D eigenvalue weighted by Crippen LogP contribution is 2.34. The van der Waals surface area contributed by atoms with Crippen molar-refractivity contribution in [1.82, 2.24) is 15.2 Å². The molecule has 0 saturated carbocycles. The summed E-state index contributed by atoms with van der Waals surface area (Å²) in [4.78, 5) is 45.3. The Morgan fingerprint density at radius 2 is 1.81 bits per heavy atom. The van der Waals surface area contributed by atoms with Crippen LogP contribution >= 0.6 is 0 Å². The highest BCUT2D eigenvalue weighted by molar-refractivity contribution is 5.91. The molecule has 2 aromatic carbocycles. The summed E-state index contributed by atoms with van der Waals surface area (Å²) in [5, 5.41) is 3.54. The van der Waals surface area contributed by atoms with E-state index in [1.165, 1.54) is 12.0 Å². The summed E-state index contributed by atoms with van der Waals surface area (Å²) >= 11 is 0. The van der Waals surface area contributed by atoms with Crippen LogP contribution in [0.3, 0.4) is 0 Å². The van der Waals surface area contributed by atoms with E-state index < -0.39 is 41.8 Å². The number of esters is 1. The summed E-state index contributed by atoms with van der Waals surface area (Å²) in [6.07, 6.45) is 0.105. The van der Waals surface area contributed by atoms with Gasteiger partial charge >= 0.3 is 12.1 Å². The molecule has 1 N–H and O–H groups in total. The minimum absolute atomic E-state index is 0.115. The van der Waals surface area contributed by atoms with Gasteiger partial charge in [-0.1, -0.05) is 43.7 Å². The van der Waals surface area contributed by atoms with Gasteiger partial charge in [0.1, 0.15) is 35.3 Å². The van der Waals surface area contributed by atoms with Gasteiger partial charge in [0.15, 0.2) is 0 Å². The molecule has 10 heteroatoms. The Morgan fingerprint density at radius 3 is 2.45 bits per heavy atom. The number of hydrogen-bond acceptors (Lipinski definition) is 8. The number of hydrogen-bond donors (Lipinski definition) is 1. The number of ether oxygens (including phenoxy) is 4. The monoisotopic (exact) mass is 577 g/mol. The van der Waals surface area contributed by atoms with Gasteiger partial charge < -0.3 is 24.3 Å². The van der Waals surface area contributed by atoms with Crippen LogP contribution in [0.4, 0.5) is 4.79 Å². The number of fused-ring (bicyclic) bond motifs is 1. The molecule has 42 heavy (non-hydrogen) atoms. The van der Waals surface area contributed by atoms with Crippen LogP contribution in [-0.2, 0) is 19.1 Å². The molecule has 10 nitrogen and oxygen atoms in total. The van der Waals surface area contributed by atoms with E-state index in [0.29, 0.717) is 35.6 Å². The summed E-state index contributed by atoms with van der Waals surface area (Å²) < 4.78 is 22.5. The third kappa shape index (κ3) is 7.29. The number of benzene rings is 2. The summed E-state index contributed by atoms with van der Waals surface area (Å²) in [5.41, 5.74) is 1.54. The maximum atomic E-state index is 13.5. The molecule has 1 aromatic heterocycles. The normalized spacial score (nSPS) is 17.4. The standard InChI is InChI=1S/C32H39N3O7/c1-7-11-24(30(37)40-6)34-29(36)27-17-22(19-35(27)31(38)42-32(2,3)4)41-28-18-25(20-12-9-8-10-13-20)33-26-16-21(39-5)14-15-23(26)28/h8-10,12-16,18,22,24,27H,7,11,17,19H2,1-6H3,(H,34,36)/t22-,24+,27+/m1/s1. The summed E-state index contributed by atoms with van der Waals surface area (Å²) in [6, 6.07) is 15.4. The first-order valence-corrected chi connectivity index (χ1v) is 14.1. The molecule has 4 rings (SSSR count). The predicted molar refractivity (Wildman–Crippen MR) is 158 cm³/mol. The molecule has 3 aromatic rings. The van der Waals surface area contributed by atoms with Crippen molar-refractivity contribution >= 4 is 28.9 Å². The van der Waals surface area contributed by atoms with Crippen molar-refractivity contribution in [2.75, 3.05) is 20.8 Å². The molecule has 1 aliphatic heterocycles. The van der Waals surface area contributed by atoms with Gasteiger partial charge in [0.2, 0.25) is 5.91 Å². The number of nitrogens with zero attached hydrogens (tertiary/aromatic N) is 2. The van der Waals surface area contributed by atoms with E-state index in [2.05, 4.69) is 5.32 Å². The second-order valence-electron chi connectivity index (χ2n) is 11.3. The number of amides is 2. The first-order valence-electron chi connectivity index (χ1n) is 14.1. The number of carbonyl (C=O) groups is 3. The van der Waals surface area contributed by atoms with E-state index >= 15 is 0 Å². The maximum Gasteiger partial charge on any atom is 0.411 e. The lowest BCUT2D eigenvalue weighted by Gasteiger charge is -2.28. The van der Waals surface area contributed by atoms with Gasteiger partial charge in [-0.15, -0.1) is 0 Å². The fourth-order valence-corrected chi connectivity index (χ4v) is 4.94. The summed E-state index contributed by atoms with van der Waals surface area (Å²) in [6.45, 7) is 7.32. The minimum Gasteiger partial charge on any atom is -0.497 e. The third-order valence-corrected chi connectivity index (χ3v) is 6.92. The summed E-state index contributed by atoms with van der Waals surface area (Å²) in [5.74, 6) is 0.222. The van der Waals surface area contributed by atoms with E-state index in [0.717, 1.165) is 10.9 Å². The Morgan fingerprint density at radius 1 is 1.07 bits per heavy atom. The fraction of sp³-hybridized carbons (Fsp3) is 0.438. The SMILES string of the molecule is CCC[C@H](NC(=O)[C@@H]1C[C@@H](Oc2cc(-c3ccccc3)nc3cc(OC)ccc23)CN1C(=O)OC(C)(C)C)C(=O)OC. The highest BCUT2D eigenvalue weighted by Gasteiger charge is 2.43. The quantitative estimate of drug-likeness (QED) is 0.348. The average molecular weight is 578 g/mol. The van der Waals surface area contributed by atoms with Gasteiger partial charge in [0, 0.05) is 29.5 Å². The zero-order valence-electron chi connectivity index (χ0n) is 25.0. The van der Waals surface area contributed by atoms with Crippen LogP contribution in [0.2, 0.25) is 0 Å². The second-order valence-corrected chi connectivity index (χ2v) is 11.3. The molecule has 3 atom stereocenters. The average Bonchev–Trinajstić information content (AvgIpc) is 3.40. The molecule has 2 amide bonds.